The minimum absolute atomic E-state index is 0.153. The van der Waals surface area contributed by atoms with Crippen LogP contribution in [-0.2, 0) is 9.53 Å². The molecule has 0 aliphatic heterocycles. The first-order valence-electron chi connectivity index (χ1n) is 6.56. The molecule has 0 radical (unpaired) electrons. The van der Waals surface area contributed by atoms with Crippen LogP contribution >= 0.6 is 0 Å². The lowest BCUT2D eigenvalue weighted by Gasteiger charge is -2.07. The van der Waals surface area contributed by atoms with Gasteiger partial charge in [-0.1, -0.05) is 13.3 Å². The van der Waals surface area contributed by atoms with E-state index in [-0.39, 0.29) is 18.3 Å². The number of halogens is 1. The Kier molecular flexibility index (Phi) is 7.77. The van der Waals surface area contributed by atoms with E-state index in [0.29, 0.717) is 18.8 Å². The molecule has 5 heteroatoms. The number of hydrogen-bond donors (Lipinski definition) is 2. The molecule has 2 N–H and O–H groups in total. The molecular formula is C14H21FN2O2. The van der Waals surface area contributed by atoms with Crippen molar-refractivity contribution in [2.75, 3.05) is 31.6 Å². The number of unbranched alkanes of at least 4 members (excludes halogenated alkanes) is 1. The molecule has 4 nitrogen and oxygen atoms in total. The summed E-state index contributed by atoms with van der Waals surface area (Å²) in [6.07, 6.45) is 2.18. The third-order valence-corrected chi connectivity index (χ3v) is 2.48. The predicted octanol–water partition coefficient (Wildman–Crippen LogP) is 2.17. The molecule has 106 valence electrons. The minimum Gasteiger partial charge on any atom is -0.380 e. The second kappa shape index (κ2) is 9.47. The van der Waals surface area contributed by atoms with Crippen molar-refractivity contribution >= 4 is 11.6 Å². The van der Waals surface area contributed by atoms with Crippen molar-refractivity contribution in [3.05, 3.63) is 30.1 Å². The van der Waals surface area contributed by atoms with Crippen LogP contribution in [0.5, 0.6) is 0 Å². The molecule has 0 saturated heterocycles. The summed E-state index contributed by atoms with van der Waals surface area (Å²) >= 11 is 0. The number of ether oxygens (including phenoxy) is 1. The summed E-state index contributed by atoms with van der Waals surface area (Å²) in [6, 6.07) is 5.68. The smallest absolute Gasteiger partial charge is 0.238 e. The van der Waals surface area contributed by atoms with Gasteiger partial charge in [0.05, 0.1) is 13.2 Å². The van der Waals surface area contributed by atoms with Crippen LogP contribution in [0.4, 0.5) is 10.1 Å². The largest absolute Gasteiger partial charge is 0.380 e. The van der Waals surface area contributed by atoms with Crippen molar-refractivity contribution in [3.8, 4) is 0 Å². The molecule has 0 bridgehead atoms. The third kappa shape index (κ3) is 7.54. The lowest BCUT2D eigenvalue weighted by atomic mass is 10.3. The van der Waals surface area contributed by atoms with E-state index in [1.165, 1.54) is 24.3 Å². The van der Waals surface area contributed by atoms with Crippen molar-refractivity contribution in [1.29, 1.82) is 0 Å². The first kappa shape index (κ1) is 15.6. The summed E-state index contributed by atoms with van der Waals surface area (Å²) in [7, 11) is 0. The fraction of sp³-hybridized carbons (Fsp3) is 0.500. The zero-order chi connectivity index (χ0) is 13.9. The quantitative estimate of drug-likeness (QED) is 0.675. The summed E-state index contributed by atoms with van der Waals surface area (Å²) in [4.78, 5) is 11.5. The summed E-state index contributed by atoms with van der Waals surface area (Å²) in [5, 5.41) is 5.65. The number of nitrogens with one attached hydrogen (secondary N) is 2. The molecule has 1 amide bonds. The number of carbonyl (C=O) groups is 1. The summed E-state index contributed by atoms with van der Waals surface area (Å²) in [5.41, 5.74) is 0.590. The van der Waals surface area contributed by atoms with Crippen LogP contribution in [0.25, 0.3) is 0 Å². The van der Waals surface area contributed by atoms with Crippen LogP contribution in [0, 0.1) is 5.82 Å². The Labute approximate surface area is 113 Å². The van der Waals surface area contributed by atoms with Crippen LogP contribution in [-0.4, -0.2) is 32.2 Å². The fourth-order valence-electron chi connectivity index (χ4n) is 1.43. The van der Waals surface area contributed by atoms with Crippen LogP contribution < -0.4 is 10.6 Å². The molecule has 1 aromatic carbocycles. The van der Waals surface area contributed by atoms with Gasteiger partial charge in [-0.3, -0.25) is 4.79 Å². The molecule has 0 atom stereocenters. The number of anilines is 1. The standard InChI is InChI=1S/C14H21FN2O2/c1-2-3-9-19-10-8-16-11-14(18)17-13-6-4-12(15)5-7-13/h4-7,16H,2-3,8-11H2,1H3,(H,17,18). The predicted molar refractivity (Wildman–Crippen MR) is 73.6 cm³/mol. The van der Waals surface area contributed by atoms with Crippen molar-refractivity contribution < 1.29 is 13.9 Å². The Hall–Kier alpha value is -1.46. The highest BCUT2D eigenvalue weighted by molar-refractivity contribution is 5.92. The molecule has 0 fully saturated rings. The normalized spacial score (nSPS) is 10.4. The Morgan fingerprint density at radius 3 is 2.68 bits per heavy atom. The molecular weight excluding hydrogens is 247 g/mol. The van der Waals surface area contributed by atoms with E-state index in [1.807, 2.05) is 0 Å². The Morgan fingerprint density at radius 1 is 1.26 bits per heavy atom. The molecule has 0 unspecified atom stereocenters. The second-order valence-corrected chi connectivity index (χ2v) is 4.20. The van der Waals surface area contributed by atoms with Gasteiger partial charge in [0, 0.05) is 18.8 Å². The fourth-order valence-corrected chi connectivity index (χ4v) is 1.43. The molecule has 0 saturated carbocycles. The highest BCUT2D eigenvalue weighted by atomic mass is 19.1. The zero-order valence-electron chi connectivity index (χ0n) is 11.2. The Morgan fingerprint density at radius 2 is 2.00 bits per heavy atom. The zero-order valence-corrected chi connectivity index (χ0v) is 11.2. The van der Waals surface area contributed by atoms with Crippen LogP contribution in [0.1, 0.15) is 19.8 Å². The van der Waals surface area contributed by atoms with E-state index < -0.39 is 0 Å². The van der Waals surface area contributed by atoms with Gasteiger partial charge in [0.1, 0.15) is 5.82 Å². The summed E-state index contributed by atoms with van der Waals surface area (Å²) in [5.74, 6) is -0.472. The maximum Gasteiger partial charge on any atom is 0.238 e. The maximum absolute atomic E-state index is 12.7. The molecule has 0 aliphatic rings. The van der Waals surface area contributed by atoms with Crippen molar-refractivity contribution in [2.24, 2.45) is 0 Å². The monoisotopic (exact) mass is 268 g/mol. The van der Waals surface area contributed by atoms with Crippen LogP contribution in [0.2, 0.25) is 0 Å². The van der Waals surface area contributed by atoms with Gasteiger partial charge >= 0.3 is 0 Å². The van der Waals surface area contributed by atoms with Gasteiger partial charge in [-0.05, 0) is 30.7 Å². The average Bonchev–Trinajstić information content (AvgIpc) is 2.40. The molecule has 1 rings (SSSR count). The third-order valence-electron chi connectivity index (χ3n) is 2.48. The highest BCUT2D eigenvalue weighted by Gasteiger charge is 2.01. The van der Waals surface area contributed by atoms with E-state index in [9.17, 15) is 9.18 Å². The van der Waals surface area contributed by atoms with Crippen LogP contribution in [0.15, 0.2) is 24.3 Å². The maximum atomic E-state index is 12.7. The van der Waals surface area contributed by atoms with E-state index in [1.54, 1.807) is 0 Å². The SMILES string of the molecule is CCCCOCCNCC(=O)Nc1ccc(F)cc1. The molecule has 0 aliphatic carbocycles. The van der Waals surface area contributed by atoms with Crippen molar-refractivity contribution in [1.82, 2.24) is 5.32 Å². The van der Waals surface area contributed by atoms with Crippen LogP contribution in [0.3, 0.4) is 0 Å². The van der Waals surface area contributed by atoms with Gasteiger partial charge in [0.2, 0.25) is 5.91 Å². The molecule has 1 aromatic rings. The number of rotatable bonds is 9. The average molecular weight is 268 g/mol. The summed E-state index contributed by atoms with van der Waals surface area (Å²) in [6.45, 7) is 4.33. The molecule has 0 aromatic heterocycles. The van der Waals surface area contributed by atoms with E-state index >= 15 is 0 Å². The number of amides is 1. The number of carbonyl (C=O) groups excluding carboxylic acids is 1. The highest BCUT2D eigenvalue weighted by Crippen LogP contribution is 2.07. The van der Waals surface area contributed by atoms with Gasteiger partial charge in [-0.2, -0.15) is 0 Å². The van der Waals surface area contributed by atoms with Gasteiger partial charge in [-0.15, -0.1) is 0 Å². The number of hydrogen-bond acceptors (Lipinski definition) is 3. The Bertz CT molecular complexity index is 368. The molecule has 0 spiro atoms. The van der Waals surface area contributed by atoms with E-state index in [4.69, 9.17) is 4.74 Å². The van der Waals surface area contributed by atoms with Crippen molar-refractivity contribution in [2.45, 2.75) is 19.8 Å². The minimum atomic E-state index is -0.319. The Balaban J connectivity index is 2.06. The molecule has 0 heterocycles. The van der Waals surface area contributed by atoms with Gasteiger partial charge in [-0.25, -0.2) is 4.39 Å². The van der Waals surface area contributed by atoms with E-state index in [0.717, 1.165) is 19.4 Å². The van der Waals surface area contributed by atoms with E-state index in [2.05, 4.69) is 17.6 Å². The van der Waals surface area contributed by atoms with Gasteiger partial charge in [0.25, 0.3) is 0 Å². The first-order valence-corrected chi connectivity index (χ1v) is 6.56. The topological polar surface area (TPSA) is 50.4 Å². The van der Waals surface area contributed by atoms with Gasteiger partial charge < -0.3 is 15.4 Å². The lowest BCUT2D eigenvalue weighted by molar-refractivity contribution is -0.115. The summed E-state index contributed by atoms with van der Waals surface area (Å²) < 4.78 is 18.0. The molecule has 19 heavy (non-hydrogen) atoms. The first-order chi connectivity index (χ1) is 9.22. The van der Waals surface area contributed by atoms with Gasteiger partial charge in [0.15, 0.2) is 0 Å². The van der Waals surface area contributed by atoms with Crippen molar-refractivity contribution in [3.63, 3.8) is 0 Å². The lowest BCUT2D eigenvalue weighted by Crippen LogP contribution is -2.30. The number of benzene rings is 1. The second-order valence-electron chi connectivity index (χ2n) is 4.20.